The molecule has 0 heterocycles. The predicted octanol–water partition coefficient (Wildman–Crippen LogP) is 1.41. The minimum atomic E-state index is -2.39. The second kappa shape index (κ2) is 3.64. The van der Waals surface area contributed by atoms with Crippen LogP contribution in [0.1, 0.15) is 6.42 Å². The Balaban J connectivity index is 2.81. The molecular formula is C3H5F2NO. The highest BCUT2D eigenvalue weighted by Crippen LogP contribution is 1.96. The summed E-state index contributed by atoms with van der Waals surface area (Å²) in [6, 6.07) is 0. The van der Waals surface area contributed by atoms with Crippen molar-refractivity contribution in [3.05, 3.63) is 4.91 Å². The van der Waals surface area contributed by atoms with E-state index in [-0.39, 0.29) is 6.54 Å². The molecule has 0 fully saturated rings. The van der Waals surface area contributed by atoms with Crippen LogP contribution in [-0.4, -0.2) is 13.0 Å². The van der Waals surface area contributed by atoms with Gasteiger partial charge in [-0.3, -0.25) is 0 Å². The summed E-state index contributed by atoms with van der Waals surface area (Å²) >= 11 is 0. The van der Waals surface area contributed by atoms with Crippen molar-refractivity contribution in [2.75, 3.05) is 6.54 Å². The molecule has 0 amide bonds. The molecule has 4 heteroatoms. The van der Waals surface area contributed by atoms with Gasteiger partial charge >= 0.3 is 0 Å². The van der Waals surface area contributed by atoms with Gasteiger partial charge < -0.3 is 0 Å². The summed E-state index contributed by atoms with van der Waals surface area (Å²) in [5.41, 5.74) is 0. The van der Waals surface area contributed by atoms with E-state index in [9.17, 15) is 8.78 Å². The average molecular weight is 109 g/mol. The van der Waals surface area contributed by atoms with E-state index in [1.54, 1.807) is 0 Å². The maximum absolute atomic E-state index is 11.0. The Morgan fingerprint density at radius 2 is 2.14 bits per heavy atom. The number of alkyl halides is 2. The van der Waals surface area contributed by atoms with E-state index in [1.807, 2.05) is 0 Å². The number of hydrogen-bond donors (Lipinski definition) is 0. The molecule has 0 aromatic rings. The summed E-state index contributed by atoms with van der Waals surface area (Å²) in [5, 5.41) is 2.25. The third kappa shape index (κ3) is 5.46. The van der Waals surface area contributed by atoms with Gasteiger partial charge in [-0.2, -0.15) is 4.91 Å². The lowest BCUT2D eigenvalue weighted by atomic mass is 10.5. The molecule has 0 aliphatic carbocycles. The number of halogens is 2. The molecule has 0 saturated heterocycles. The highest BCUT2D eigenvalue weighted by Gasteiger charge is 1.98. The lowest BCUT2D eigenvalue weighted by Gasteiger charge is -1.86. The van der Waals surface area contributed by atoms with Crippen molar-refractivity contribution >= 4 is 0 Å². The van der Waals surface area contributed by atoms with Gasteiger partial charge in [0.15, 0.2) is 0 Å². The van der Waals surface area contributed by atoms with Crippen molar-refractivity contribution in [1.82, 2.24) is 0 Å². The molecule has 0 saturated carbocycles. The Morgan fingerprint density at radius 3 is 2.29 bits per heavy atom. The Morgan fingerprint density at radius 1 is 1.57 bits per heavy atom. The van der Waals surface area contributed by atoms with Crippen LogP contribution < -0.4 is 0 Å². The van der Waals surface area contributed by atoms with Crippen LogP contribution in [0, 0.1) is 4.91 Å². The van der Waals surface area contributed by atoms with Crippen LogP contribution in [0.15, 0.2) is 5.18 Å². The summed E-state index contributed by atoms with van der Waals surface area (Å²) in [5.74, 6) is 0. The van der Waals surface area contributed by atoms with E-state index in [1.165, 1.54) is 0 Å². The van der Waals surface area contributed by atoms with Gasteiger partial charge in [-0.05, 0) is 0 Å². The first-order valence-corrected chi connectivity index (χ1v) is 1.84. The minimum absolute atomic E-state index is 0.280. The van der Waals surface area contributed by atoms with Crippen molar-refractivity contribution in [2.45, 2.75) is 12.8 Å². The molecule has 0 aliphatic heterocycles. The zero-order valence-electron chi connectivity index (χ0n) is 3.60. The van der Waals surface area contributed by atoms with E-state index in [2.05, 4.69) is 5.18 Å². The average Bonchev–Trinajstić information content (AvgIpc) is 1.61. The summed E-state index contributed by atoms with van der Waals surface area (Å²) in [6.07, 6.45) is -2.80. The van der Waals surface area contributed by atoms with Crippen molar-refractivity contribution < 1.29 is 8.78 Å². The van der Waals surface area contributed by atoms with Gasteiger partial charge in [-0.25, -0.2) is 8.78 Å². The van der Waals surface area contributed by atoms with Crippen molar-refractivity contribution in [1.29, 1.82) is 0 Å². The summed E-state index contributed by atoms with van der Waals surface area (Å²) in [6.45, 7) is -0.280. The fourth-order valence-corrected chi connectivity index (χ4v) is 0.150. The fourth-order valence-electron chi connectivity index (χ4n) is 0.150. The molecule has 0 aromatic heterocycles. The molecule has 2 nitrogen and oxygen atoms in total. The van der Waals surface area contributed by atoms with Crippen molar-refractivity contribution in [3.8, 4) is 0 Å². The molecule has 0 aliphatic rings. The zero-order valence-corrected chi connectivity index (χ0v) is 3.60. The molecule has 0 atom stereocenters. The number of nitrogens with zero attached hydrogens (tertiary/aromatic N) is 1. The zero-order chi connectivity index (χ0) is 5.70. The second-order valence-electron chi connectivity index (χ2n) is 1.03. The summed E-state index contributed by atoms with van der Waals surface area (Å²) < 4.78 is 22.0. The van der Waals surface area contributed by atoms with E-state index in [4.69, 9.17) is 4.91 Å². The molecular weight excluding hydrogens is 104 g/mol. The number of hydrogen-bond acceptors (Lipinski definition) is 2. The molecule has 0 unspecified atom stereocenters. The van der Waals surface area contributed by atoms with Gasteiger partial charge in [-0.1, -0.05) is 5.18 Å². The Kier molecular flexibility index (Phi) is 3.36. The minimum Gasteiger partial charge on any atom is -0.210 e. The van der Waals surface area contributed by atoms with Gasteiger partial charge in [0.05, 0.1) is 6.54 Å². The molecule has 0 aromatic carbocycles. The second-order valence-corrected chi connectivity index (χ2v) is 1.03. The van der Waals surface area contributed by atoms with Gasteiger partial charge in [0.25, 0.3) is 0 Å². The van der Waals surface area contributed by atoms with Gasteiger partial charge in [-0.15, -0.1) is 0 Å². The Hall–Kier alpha value is -0.540. The van der Waals surface area contributed by atoms with Gasteiger partial charge in [0.1, 0.15) is 0 Å². The standard InChI is InChI=1S/C3H5F2NO/c4-3(5)1-2-6-7/h3H,1-2H2. The first kappa shape index (κ1) is 6.46. The van der Waals surface area contributed by atoms with E-state index in [0.29, 0.717) is 0 Å². The maximum atomic E-state index is 11.0. The summed E-state index contributed by atoms with van der Waals surface area (Å²) in [7, 11) is 0. The Labute approximate surface area is 39.5 Å². The molecule has 0 bridgehead atoms. The lowest BCUT2D eigenvalue weighted by Crippen LogP contribution is -1.91. The highest BCUT2D eigenvalue weighted by molar-refractivity contribution is 4.42. The smallest absolute Gasteiger partial charge is 0.210 e. The lowest BCUT2D eigenvalue weighted by molar-refractivity contribution is 0.140. The predicted molar refractivity (Wildman–Crippen MR) is 21.3 cm³/mol. The number of rotatable bonds is 3. The third-order valence-electron chi connectivity index (χ3n) is 0.439. The van der Waals surface area contributed by atoms with Crippen LogP contribution in [0.2, 0.25) is 0 Å². The van der Waals surface area contributed by atoms with Crippen LogP contribution in [0.5, 0.6) is 0 Å². The first-order chi connectivity index (χ1) is 3.27. The molecule has 0 rings (SSSR count). The fraction of sp³-hybridized carbons (Fsp3) is 1.00. The van der Waals surface area contributed by atoms with Crippen LogP contribution >= 0.6 is 0 Å². The van der Waals surface area contributed by atoms with Gasteiger partial charge in [0.2, 0.25) is 6.43 Å². The highest BCUT2D eigenvalue weighted by atomic mass is 19.3. The molecule has 42 valence electrons. The third-order valence-corrected chi connectivity index (χ3v) is 0.439. The van der Waals surface area contributed by atoms with Crippen LogP contribution in [-0.2, 0) is 0 Å². The van der Waals surface area contributed by atoms with Crippen molar-refractivity contribution in [3.63, 3.8) is 0 Å². The normalized spacial score (nSPS) is 9.57. The maximum Gasteiger partial charge on any atom is 0.240 e. The quantitative estimate of drug-likeness (QED) is 0.504. The molecule has 0 radical (unpaired) electrons. The monoisotopic (exact) mass is 109 g/mol. The Bertz CT molecular complexity index is 56.9. The summed E-state index contributed by atoms with van der Waals surface area (Å²) in [4.78, 5) is 9.13. The number of nitroso groups, excluding NO2 is 1. The molecule has 0 N–H and O–H groups in total. The molecule has 0 spiro atoms. The SMILES string of the molecule is O=NCCC(F)F. The molecule has 7 heavy (non-hydrogen) atoms. The first-order valence-electron chi connectivity index (χ1n) is 1.84. The van der Waals surface area contributed by atoms with Crippen molar-refractivity contribution in [2.24, 2.45) is 5.18 Å². The van der Waals surface area contributed by atoms with E-state index >= 15 is 0 Å². The topological polar surface area (TPSA) is 29.4 Å². The van der Waals surface area contributed by atoms with Crippen LogP contribution in [0.3, 0.4) is 0 Å². The largest absolute Gasteiger partial charge is 0.240 e. The van der Waals surface area contributed by atoms with E-state index < -0.39 is 12.8 Å². The van der Waals surface area contributed by atoms with Crippen LogP contribution in [0.4, 0.5) is 8.78 Å². The van der Waals surface area contributed by atoms with Gasteiger partial charge in [0, 0.05) is 6.42 Å². The van der Waals surface area contributed by atoms with Crippen LogP contribution in [0.25, 0.3) is 0 Å². The van der Waals surface area contributed by atoms with E-state index in [0.717, 1.165) is 0 Å².